The highest BCUT2D eigenvalue weighted by atomic mass is 16.8. The van der Waals surface area contributed by atoms with E-state index in [0.717, 1.165) is 5.56 Å². The molecule has 2 aliphatic heterocycles. The Morgan fingerprint density at radius 3 is 2.58 bits per heavy atom. The Labute approximate surface area is 111 Å². The maximum atomic E-state index is 11.8. The highest BCUT2D eigenvalue weighted by molar-refractivity contribution is 5.89. The van der Waals surface area contributed by atoms with Gasteiger partial charge in [0, 0.05) is 7.11 Å². The number of ether oxygens (including phenoxy) is 4. The third-order valence-electron chi connectivity index (χ3n) is 3.40. The van der Waals surface area contributed by atoms with E-state index in [1.54, 1.807) is 19.2 Å². The second kappa shape index (κ2) is 4.92. The number of rotatable bonds is 4. The van der Waals surface area contributed by atoms with Crippen molar-refractivity contribution < 1.29 is 23.7 Å². The molecule has 4 atom stereocenters. The summed E-state index contributed by atoms with van der Waals surface area (Å²) in [4.78, 5) is 11.8. The van der Waals surface area contributed by atoms with Gasteiger partial charge in [0.05, 0.1) is 5.56 Å². The predicted molar refractivity (Wildman–Crippen MR) is 65.8 cm³/mol. The minimum Gasteiger partial charge on any atom is -0.459 e. The lowest BCUT2D eigenvalue weighted by molar-refractivity contribution is -0.166. The van der Waals surface area contributed by atoms with Gasteiger partial charge in [-0.2, -0.15) is 0 Å². The van der Waals surface area contributed by atoms with Crippen LogP contribution in [-0.2, 0) is 18.9 Å². The fourth-order valence-corrected chi connectivity index (χ4v) is 2.24. The predicted octanol–water partition coefficient (Wildman–Crippen LogP) is 1.29. The first kappa shape index (κ1) is 12.6. The van der Waals surface area contributed by atoms with Crippen LogP contribution in [0.5, 0.6) is 0 Å². The summed E-state index contributed by atoms with van der Waals surface area (Å²) >= 11 is 0. The first-order valence-electron chi connectivity index (χ1n) is 6.26. The Bertz CT molecular complexity index is 469. The van der Waals surface area contributed by atoms with Crippen LogP contribution in [-0.4, -0.2) is 44.3 Å². The van der Waals surface area contributed by atoms with Crippen molar-refractivity contribution in [3.8, 4) is 0 Å². The zero-order valence-corrected chi connectivity index (χ0v) is 10.9. The number of epoxide rings is 1. The van der Waals surface area contributed by atoms with E-state index in [1.807, 2.05) is 19.1 Å². The average Bonchev–Trinajstić information content (AvgIpc) is 3.14. The summed E-state index contributed by atoms with van der Waals surface area (Å²) in [7, 11) is 1.57. The van der Waals surface area contributed by atoms with Crippen LogP contribution in [0, 0.1) is 6.92 Å². The Hall–Kier alpha value is -1.43. The van der Waals surface area contributed by atoms with E-state index in [-0.39, 0.29) is 37.2 Å². The minimum absolute atomic E-state index is 0.00392. The quantitative estimate of drug-likeness (QED) is 0.606. The van der Waals surface area contributed by atoms with Gasteiger partial charge < -0.3 is 18.9 Å². The van der Waals surface area contributed by atoms with E-state index >= 15 is 0 Å². The zero-order valence-electron chi connectivity index (χ0n) is 10.9. The molecule has 0 radical (unpaired) electrons. The van der Waals surface area contributed by atoms with Crippen molar-refractivity contribution in [2.75, 3.05) is 13.7 Å². The SMILES string of the molecule is CO[C@@H]1O[C@H](COC(=O)c2ccc(C)cc2)[C@H]2O[C@H]12. The van der Waals surface area contributed by atoms with Gasteiger partial charge in [0.2, 0.25) is 0 Å². The van der Waals surface area contributed by atoms with Crippen molar-refractivity contribution >= 4 is 5.97 Å². The smallest absolute Gasteiger partial charge is 0.338 e. The molecule has 0 saturated carbocycles. The van der Waals surface area contributed by atoms with Crippen LogP contribution in [0.1, 0.15) is 15.9 Å². The lowest BCUT2D eigenvalue weighted by Gasteiger charge is -2.16. The summed E-state index contributed by atoms with van der Waals surface area (Å²) in [5, 5.41) is 0. The molecule has 3 rings (SSSR count). The normalized spacial score (nSPS) is 31.9. The van der Waals surface area contributed by atoms with Crippen LogP contribution in [0.3, 0.4) is 0 Å². The summed E-state index contributed by atoms with van der Waals surface area (Å²) in [5.41, 5.74) is 1.65. The number of hydrogen-bond donors (Lipinski definition) is 0. The molecule has 2 saturated heterocycles. The Morgan fingerprint density at radius 1 is 1.21 bits per heavy atom. The molecule has 5 nitrogen and oxygen atoms in total. The van der Waals surface area contributed by atoms with E-state index in [2.05, 4.69) is 0 Å². The third kappa shape index (κ3) is 2.49. The van der Waals surface area contributed by atoms with Crippen molar-refractivity contribution in [2.45, 2.75) is 31.5 Å². The molecular weight excluding hydrogens is 248 g/mol. The average molecular weight is 264 g/mol. The standard InChI is InChI=1S/C14H16O5/c1-8-3-5-9(6-4-8)13(15)17-7-10-11-12(19-11)14(16-2)18-10/h3-6,10-12,14H,7H2,1-2H3/t10-,11-,12+,14-/m1/s1. The van der Waals surface area contributed by atoms with Gasteiger partial charge in [-0.15, -0.1) is 0 Å². The molecule has 0 N–H and O–H groups in total. The second-order valence-corrected chi connectivity index (χ2v) is 4.81. The van der Waals surface area contributed by atoms with E-state index in [4.69, 9.17) is 18.9 Å². The Balaban J connectivity index is 1.53. The summed E-state index contributed by atoms with van der Waals surface area (Å²) < 4.78 is 21.3. The number of aryl methyl sites for hydroxylation is 1. The van der Waals surface area contributed by atoms with E-state index in [1.165, 1.54) is 0 Å². The highest BCUT2D eigenvalue weighted by Crippen LogP contribution is 2.39. The van der Waals surface area contributed by atoms with Crippen LogP contribution in [0.4, 0.5) is 0 Å². The molecule has 0 aliphatic carbocycles. The molecule has 5 heteroatoms. The summed E-state index contributed by atoms with van der Waals surface area (Å²) in [5.74, 6) is -0.346. The van der Waals surface area contributed by atoms with Gasteiger partial charge in [-0.25, -0.2) is 4.79 Å². The fraction of sp³-hybridized carbons (Fsp3) is 0.500. The van der Waals surface area contributed by atoms with Crippen molar-refractivity contribution in [1.29, 1.82) is 0 Å². The van der Waals surface area contributed by atoms with Crippen LogP contribution < -0.4 is 0 Å². The Morgan fingerprint density at radius 2 is 1.95 bits per heavy atom. The second-order valence-electron chi connectivity index (χ2n) is 4.81. The summed E-state index contributed by atoms with van der Waals surface area (Å²) in [6, 6.07) is 7.26. The lowest BCUT2D eigenvalue weighted by atomic mass is 10.1. The van der Waals surface area contributed by atoms with E-state index < -0.39 is 0 Å². The van der Waals surface area contributed by atoms with Crippen molar-refractivity contribution in [1.82, 2.24) is 0 Å². The molecular formula is C14H16O5. The lowest BCUT2D eigenvalue weighted by Crippen LogP contribution is -2.26. The largest absolute Gasteiger partial charge is 0.459 e. The molecule has 0 amide bonds. The van der Waals surface area contributed by atoms with Crippen LogP contribution >= 0.6 is 0 Å². The molecule has 0 bridgehead atoms. The van der Waals surface area contributed by atoms with Gasteiger partial charge in [-0.05, 0) is 19.1 Å². The fourth-order valence-electron chi connectivity index (χ4n) is 2.24. The molecule has 19 heavy (non-hydrogen) atoms. The van der Waals surface area contributed by atoms with Crippen LogP contribution in [0.25, 0.3) is 0 Å². The number of methoxy groups -OCH3 is 1. The van der Waals surface area contributed by atoms with Crippen molar-refractivity contribution in [3.63, 3.8) is 0 Å². The van der Waals surface area contributed by atoms with Gasteiger partial charge >= 0.3 is 5.97 Å². The third-order valence-corrected chi connectivity index (χ3v) is 3.40. The van der Waals surface area contributed by atoms with Gasteiger partial charge in [0.1, 0.15) is 24.9 Å². The van der Waals surface area contributed by atoms with Gasteiger partial charge in [0.15, 0.2) is 6.29 Å². The summed E-state index contributed by atoms with van der Waals surface area (Å²) in [6.07, 6.45) is -0.582. The first-order valence-corrected chi connectivity index (χ1v) is 6.26. The molecule has 0 spiro atoms. The maximum Gasteiger partial charge on any atom is 0.338 e. The molecule has 2 aliphatic rings. The monoisotopic (exact) mass is 264 g/mol. The number of carbonyl (C=O) groups excluding carboxylic acids is 1. The first-order chi connectivity index (χ1) is 9.19. The molecule has 0 unspecified atom stereocenters. The minimum atomic E-state index is -0.346. The number of hydrogen-bond acceptors (Lipinski definition) is 5. The molecule has 2 heterocycles. The number of fused-ring (bicyclic) bond motifs is 1. The van der Waals surface area contributed by atoms with Gasteiger partial charge in [0.25, 0.3) is 0 Å². The molecule has 1 aromatic rings. The molecule has 0 aromatic heterocycles. The number of benzene rings is 1. The highest BCUT2D eigenvalue weighted by Gasteiger charge is 2.58. The van der Waals surface area contributed by atoms with E-state index in [9.17, 15) is 4.79 Å². The Kier molecular flexibility index (Phi) is 3.26. The van der Waals surface area contributed by atoms with Crippen molar-refractivity contribution in [3.05, 3.63) is 35.4 Å². The van der Waals surface area contributed by atoms with Crippen molar-refractivity contribution in [2.24, 2.45) is 0 Å². The van der Waals surface area contributed by atoms with Gasteiger partial charge in [-0.3, -0.25) is 0 Å². The van der Waals surface area contributed by atoms with E-state index in [0.29, 0.717) is 5.56 Å². The topological polar surface area (TPSA) is 57.3 Å². The van der Waals surface area contributed by atoms with Crippen LogP contribution in [0.2, 0.25) is 0 Å². The molecule has 2 fully saturated rings. The maximum absolute atomic E-state index is 11.8. The molecule has 102 valence electrons. The van der Waals surface area contributed by atoms with Crippen LogP contribution in [0.15, 0.2) is 24.3 Å². The number of carbonyl (C=O) groups is 1. The van der Waals surface area contributed by atoms with Gasteiger partial charge in [-0.1, -0.05) is 17.7 Å². The number of esters is 1. The molecule has 1 aromatic carbocycles. The summed E-state index contributed by atoms with van der Waals surface area (Å²) in [6.45, 7) is 2.16. The zero-order chi connectivity index (χ0) is 13.4.